The average molecular weight is 444 g/mol. The first-order chi connectivity index (χ1) is 14.8. The fourth-order valence-corrected chi connectivity index (χ4v) is 4.30. The number of amides is 1. The fourth-order valence-electron chi connectivity index (χ4n) is 3.95. The molecule has 1 fully saturated rings. The van der Waals surface area contributed by atoms with Crippen LogP contribution in [0.4, 0.5) is 10.5 Å². The number of pyridine rings is 1. The maximum absolute atomic E-state index is 12.3. The Morgan fingerprint density at radius 1 is 1.16 bits per heavy atom. The van der Waals surface area contributed by atoms with Gasteiger partial charge in [0.15, 0.2) is 6.10 Å². The van der Waals surface area contributed by atoms with E-state index in [2.05, 4.69) is 19.7 Å². The fraction of sp³-hybridized carbons (Fsp3) is 0.263. The van der Waals surface area contributed by atoms with Gasteiger partial charge in [-0.25, -0.2) is 4.79 Å². The SMILES string of the molecule is Cn1ncc(-c2ccc(-c3ccc4c(c3)C[C@H]3[C@H](CO[P+](O)(O)O)OC(=O)N43)cn2)n1. The van der Waals surface area contributed by atoms with Gasteiger partial charge in [-0.15, -0.1) is 4.52 Å². The molecule has 3 N–H and O–H groups in total. The van der Waals surface area contributed by atoms with Gasteiger partial charge in [0.05, 0.1) is 23.6 Å². The molecule has 1 aromatic carbocycles. The number of hydrogen-bond acceptors (Lipinski definition) is 9. The monoisotopic (exact) mass is 444 g/mol. The van der Waals surface area contributed by atoms with E-state index in [-0.39, 0.29) is 12.6 Å². The number of carbonyl (C=O) groups is 1. The van der Waals surface area contributed by atoms with Crippen molar-refractivity contribution in [1.29, 1.82) is 0 Å². The molecule has 31 heavy (non-hydrogen) atoms. The second kappa shape index (κ2) is 7.33. The number of cyclic esters (lactones) is 1. The van der Waals surface area contributed by atoms with Crippen LogP contribution in [-0.4, -0.2) is 59.5 Å². The predicted molar refractivity (Wildman–Crippen MR) is 109 cm³/mol. The van der Waals surface area contributed by atoms with Gasteiger partial charge in [0.1, 0.15) is 12.3 Å². The summed E-state index contributed by atoms with van der Waals surface area (Å²) in [5.74, 6) is 0. The van der Waals surface area contributed by atoms with Crippen LogP contribution in [0.2, 0.25) is 0 Å². The molecular formula is C19H19N5O6P+. The van der Waals surface area contributed by atoms with Crippen molar-refractivity contribution >= 4 is 20.0 Å². The minimum absolute atomic E-state index is 0.307. The quantitative estimate of drug-likeness (QED) is 0.498. The van der Waals surface area contributed by atoms with Gasteiger partial charge in [0.25, 0.3) is 0 Å². The van der Waals surface area contributed by atoms with Gasteiger partial charge < -0.3 is 4.74 Å². The number of aromatic nitrogens is 4. The Kier molecular flexibility index (Phi) is 4.72. The molecule has 0 unspecified atom stereocenters. The summed E-state index contributed by atoms with van der Waals surface area (Å²) in [4.78, 5) is 47.0. The molecule has 5 rings (SSSR count). The van der Waals surface area contributed by atoms with Gasteiger partial charge in [0.2, 0.25) is 0 Å². The van der Waals surface area contributed by atoms with E-state index in [4.69, 9.17) is 19.4 Å². The van der Waals surface area contributed by atoms with Crippen molar-refractivity contribution in [2.75, 3.05) is 11.5 Å². The number of aryl methyl sites for hydroxylation is 1. The predicted octanol–water partition coefficient (Wildman–Crippen LogP) is 1.47. The molecule has 12 heteroatoms. The van der Waals surface area contributed by atoms with Crippen molar-refractivity contribution < 1.29 is 28.7 Å². The lowest BCUT2D eigenvalue weighted by Crippen LogP contribution is -2.35. The average Bonchev–Trinajstić information content (AvgIpc) is 3.41. The van der Waals surface area contributed by atoms with Gasteiger partial charge in [-0.05, 0) is 35.7 Å². The van der Waals surface area contributed by atoms with Gasteiger partial charge >= 0.3 is 14.3 Å². The van der Waals surface area contributed by atoms with Crippen LogP contribution >= 0.6 is 8.17 Å². The van der Waals surface area contributed by atoms with Gasteiger partial charge in [-0.2, -0.15) is 29.7 Å². The molecule has 1 amide bonds. The number of carbonyl (C=O) groups excluding carboxylic acids is 1. The maximum Gasteiger partial charge on any atom is 0.567 e. The molecule has 11 nitrogen and oxygen atoms in total. The molecule has 1 saturated heterocycles. The maximum atomic E-state index is 12.3. The molecule has 0 radical (unpaired) electrons. The number of hydrogen-bond donors (Lipinski definition) is 3. The molecule has 2 atom stereocenters. The van der Waals surface area contributed by atoms with Crippen LogP contribution in [0.15, 0.2) is 42.7 Å². The molecule has 0 bridgehead atoms. The Labute approximate surface area is 177 Å². The summed E-state index contributed by atoms with van der Waals surface area (Å²) in [6, 6.07) is 9.24. The third kappa shape index (κ3) is 3.78. The zero-order chi connectivity index (χ0) is 21.8. The van der Waals surface area contributed by atoms with Crippen molar-refractivity contribution in [2.24, 2.45) is 7.05 Å². The second-order valence-corrected chi connectivity index (χ2v) is 8.65. The van der Waals surface area contributed by atoms with Crippen LogP contribution in [0.5, 0.6) is 0 Å². The number of nitrogens with zero attached hydrogens (tertiary/aromatic N) is 5. The highest BCUT2D eigenvalue weighted by molar-refractivity contribution is 7.53. The molecule has 2 aliphatic heterocycles. The van der Waals surface area contributed by atoms with E-state index < -0.39 is 20.4 Å². The molecule has 2 aromatic heterocycles. The summed E-state index contributed by atoms with van der Waals surface area (Å²) in [5.41, 5.74) is 4.98. The largest absolute Gasteiger partial charge is 0.567 e. The number of rotatable bonds is 5. The van der Waals surface area contributed by atoms with Crippen molar-refractivity contribution in [3.63, 3.8) is 0 Å². The van der Waals surface area contributed by atoms with E-state index in [9.17, 15) is 4.79 Å². The number of benzene rings is 1. The van der Waals surface area contributed by atoms with E-state index in [1.807, 2.05) is 30.3 Å². The van der Waals surface area contributed by atoms with Gasteiger partial charge in [-0.3, -0.25) is 9.88 Å². The lowest BCUT2D eigenvalue weighted by atomic mass is 10.0. The van der Waals surface area contributed by atoms with E-state index in [0.29, 0.717) is 12.1 Å². The summed E-state index contributed by atoms with van der Waals surface area (Å²) in [6.45, 7) is -0.307. The van der Waals surface area contributed by atoms with E-state index in [0.717, 1.165) is 28.1 Å². The van der Waals surface area contributed by atoms with Gasteiger partial charge in [0, 0.05) is 18.8 Å². The Hall–Kier alpha value is -2.95. The first kappa shape index (κ1) is 20.0. The lowest BCUT2D eigenvalue weighted by Gasteiger charge is -2.15. The highest BCUT2D eigenvalue weighted by Gasteiger charge is 2.49. The summed E-state index contributed by atoms with van der Waals surface area (Å²) < 4.78 is 9.94. The Morgan fingerprint density at radius 3 is 2.65 bits per heavy atom. The number of anilines is 1. The Balaban J connectivity index is 1.37. The topological polar surface area (TPSA) is 143 Å². The minimum atomic E-state index is -4.40. The van der Waals surface area contributed by atoms with Crippen molar-refractivity contribution in [1.82, 2.24) is 20.0 Å². The van der Waals surface area contributed by atoms with Crippen LogP contribution in [-0.2, 0) is 22.7 Å². The summed E-state index contributed by atoms with van der Waals surface area (Å²) in [6.07, 6.45) is 2.68. The van der Waals surface area contributed by atoms with E-state index in [1.54, 1.807) is 19.4 Å². The molecule has 3 aromatic rings. The first-order valence-electron chi connectivity index (χ1n) is 9.46. The molecule has 2 aliphatic rings. The van der Waals surface area contributed by atoms with Crippen molar-refractivity contribution in [2.45, 2.75) is 18.6 Å². The van der Waals surface area contributed by atoms with Crippen LogP contribution in [0.1, 0.15) is 5.56 Å². The highest BCUT2D eigenvalue weighted by Crippen LogP contribution is 2.47. The molecular weight excluding hydrogens is 425 g/mol. The first-order valence-corrected chi connectivity index (χ1v) is 11.0. The summed E-state index contributed by atoms with van der Waals surface area (Å²) in [7, 11) is -2.65. The Bertz CT molecular complexity index is 1150. The number of ether oxygens (including phenoxy) is 1. The normalized spacial score (nSPS) is 20.0. The van der Waals surface area contributed by atoms with Crippen molar-refractivity contribution in [3.05, 3.63) is 48.3 Å². The molecule has 160 valence electrons. The third-order valence-corrected chi connectivity index (χ3v) is 5.84. The van der Waals surface area contributed by atoms with Crippen LogP contribution < -0.4 is 4.90 Å². The zero-order valence-electron chi connectivity index (χ0n) is 16.4. The molecule has 4 heterocycles. The molecule has 0 saturated carbocycles. The lowest BCUT2D eigenvalue weighted by molar-refractivity contribution is 0.0659. The smallest absolute Gasteiger partial charge is 0.441 e. The Morgan fingerprint density at radius 2 is 1.97 bits per heavy atom. The van der Waals surface area contributed by atoms with Crippen LogP contribution in [0.25, 0.3) is 22.5 Å². The standard InChI is InChI=1S/C19H19N5O6P/c1-23-21-9-15(22-23)14-4-2-12(8-20-14)11-3-5-16-13(6-11)7-17-18(10-29-31(26,27)28)30-19(25)24(16)17/h2-6,8-9,17-18,26-28H,7,10H2,1H3/q+1/t17-,18-/m0/s1. The minimum Gasteiger partial charge on any atom is -0.441 e. The van der Waals surface area contributed by atoms with Crippen LogP contribution in [0.3, 0.4) is 0 Å². The van der Waals surface area contributed by atoms with Gasteiger partial charge in [-0.1, -0.05) is 12.1 Å². The van der Waals surface area contributed by atoms with Crippen molar-refractivity contribution in [3.8, 4) is 22.5 Å². The van der Waals surface area contributed by atoms with Crippen LogP contribution in [0, 0.1) is 0 Å². The molecule has 0 spiro atoms. The summed E-state index contributed by atoms with van der Waals surface area (Å²) >= 11 is 0. The second-order valence-electron chi connectivity index (χ2n) is 7.37. The molecule has 0 aliphatic carbocycles. The number of fused-ring (bicyclic) bond motifs is 3. The zero-order valence-corrected chi connectivity index (χ0v) is 17.3. The van der Waals surface area contributed by atoms with E-state index in [1.165, 1.54) is 9.70 Å². The van der Waals surface area contributed by atoms with E-state index >= 15 is 0 Å². The highest BCUT2D eigenvalue weighted by atomic mass is 31.2. The third-order valence-electron chi connectivity index (χ3n) is 5.35. The summed E-state index contributed by atoms with van der Waals surface area (Å²) in [5, 5.41) is 8.30.